The third kappa shape index (κ3) is 11.9. The molecule has 2 fully saturated rings. The fraction of sp³-hybridized carbons (Fsp3) is 0.828. The van der Waals surface area contributed by atoms with Crippen molar-refractivity contribution in [3.8, 4) is 0 Å². The summed E-state index contributed by atoms with van der Waals surface area (Å²) >= 11 is 0. The topological polar surface area (TPSA) is 88.1 Å². The molecule has 0 N–H and O–H groups in total. The summed E-state index contributed by atoms with van der Waals surface area (Å²) < 4.78 is 51.0. The van der Waals surface area contributed by atoms with E-state index in [-0.39, 0.29) is 42.3 Å². The Kier molecular flexibility index (Phi) is 14.4. The van der Waals surface area contributed by atoms with Gasteiger partial charge in [0.15, 0.2) is 6.29 Å². The molecule has 2 unspecified atom stereocenters. The molecule has 1 aliphatic carbocycles. The molecule has 0 aromatic heterocycles. The maximum Gasteiger partial charge on any atom is 0.305 e. The molecule has 38 heavy (non-hydrogen) atoms. The summed E-state index contributed by atoms with van der Waals surface area (Å²) in [5, 5.41) is 0. The van der Waals surface area contributed by atoms with E-state index in [1.54, 1.807) is 6.08 Å². The highest BCUT2D eigenvalue weighted by molar-refractivity contribution is 5.69. The largest absolute Gasteiger partial charge is 0.469 e. The lowest BCUT2D eigenvalue weighted by atomic mass is 9.86. The highest BCUT2D eigenvalue weighted by Crippen LogP contribution is 2.43. The number of methoxy groups -OCH3 is 1. The van der Waals surface area contributed by atoms with Gasteiger partial charge in [-0.3, -0.25) is 9.59 Å². The molecule has 0 radical (unpaired) electrons. The number of ether oxygens (including phenoxy) is 4. The van der Waals surface area contributed by atoms with Crippen LogP contribution in [-0.2, 0) is 33.3 Å². The third-order valence-corrected chi connectivity index (χ3v) is 7.49. The zero-order valence-electron chi connectivity index (χ0n) is 23.2. The molecule has 0 aromatic rings. The third-order valence-electron chi connectivity index (χ3n) is 7.49. The quantitative estimate of drug-likeness (QED) is 0.0936. The standard InChI is InChI=1S/C29H46F2O7/c1-21(20-32)19-29(30,31)16-10-8-13-24-23(12-6-4-5-7-14-27(34)35-3)25(37-22(2)33)18-26(24)38-28-15-9-11-17-36-28/h8,10,20-21,23-26,28H,4-7,9,11-19H2,1-3H3/b10-8+/t21?,23-,24-,25+,26-,28?/m1/s1. The molecule has 0 amide bonds. The van der Waals surface area contributed by atoms with Gasteiger partial charge in [0.1, 0.15) is 12.4 Å². The molecule has 0 spiro atoms. The van der Waals surface area contributed by atoms with Crippen LogP contribution in [0.1, 0.15) is 97.3 Å². The van der Waals surface area contributed by atoms with Crippen LogP contribution in [0.2, 0.25) is 0 Å². The Bertz CT molecular complexity index is 751. The average molecular weight is 545 g/mol. The Morgan fingerprint density at radius 2 is 1.84 bits per heavy atom. The number of carbonyl (C=O) groups excluding carboxylic acids is 3. The van der Waals surface area contributed by atoms with Crippen molar-refractivity contribution in [2.75, 3.05) is 13.7 Å². The highest BCUT2D eigenvalue weighted by Gasteiger charge is 2.45. The van der Waals surface area contributed by atoms with Gasteiger partial charge in [-0.25, -0.2) is 8.78 Å². The van der Waals surface area contributed by atoms with Gasteiger partial charge in [0.25, 0.3) is 5.92 Å². The summed E-state index contributed by atoms with van der Waals surface area (Å²) in [5.41, 5.74) is 0. The van der Waals surface area contributed by atoms with E-state index >= 15 is 0 Å². The fourth-order valence-corrected chi connectivity index (χ4v) is 5.59. The molecule has 6 atom stereocenters. The fourth-order valence-electron chi connectivity index (χ4n) is 5.59. The number of allylic oxidation sites excluding steroid dienone is 2. The maximum atomic E-state index is 14.2. The van der Waals surface area contributed by atoms with Crippen LogP contribution in [-0.4, -0.2) is 56.4 Å². The SMILES string of the molecule is COC(=O)CCCCCC[C@@H]1[C@@H](C/C=C/CC(F)(F)CC(C)C=O)[C@H](OC2CCCCO2)C[C@@H]1OC(C)=O. The summed E-state index contributed by atoms with van der Waals surface area (Å²) in [6.45, 7) is 3.55. The van der Waals surface area contributed by atoms with E-state index < -0.39 is 24.7 Å². The van der Waals surface area contributed by atoms with E-state index in [4.69, 9.17) is 14.2 Å². The maximum absolute atomic E-state index is 14.2. The first kappa shape index (κ1) is 32.3. The minimum Gasteiger partial charge on any atom is -0.469 e. The van der Waals surface area contributed by atoms with Crippen molar-refractivity contribution in [1.29, 1.82) is 0 Å². The molecule has 2 rings (SSSR count). The van der Waals surface area contributed by atoms with Crippen LogP contribution in [0.3, 0.4) is 0 Å². The Morgan fingerprint density at radius 1 is 1.08 bits per heavy atom. The Hall–Kier alpha value is -1.87. The molecular formula is C29H46F2O7. The molecule has 0 aromatic carbocycles. The number of hydrogen-bond acceptors (Lipinski definition) is 7. The summed E-state index contributed by atoms with van der Waals surface area (Å²) in [7, 11) is 1.38. The van der Waals surface area contributed by atoms with Crippen molar-refractivity contribution >= 4 is 18.2 Å². The number of halogens is 2. The van der Waals surface area contributed by atoms with Crippen molar-refractivity contribution in [2.45, 2.75) is 122 Å². The number of aldehydes is 1. The van der Waals surface area contributed by atoms with Gasteiger partial charge in [0, 0.05) is 51.0 Å². The van der Waals surface area contributed by atoms with Crippen LogP contribution in [0, 0.1) is 17.8 Å². The van der Waals surface area contributed by atoms with Crippen molar-refractivity contribution in [3.63, 3.8) is 0 Å². The van der Waals surface area contributed by atoms with Gasteiger partial charge in [-0.1, -0.05) is 38.3 Å². The molecule has 9 heteroatoms. The van der Waals surface area contributed by atoms with Crippen molar-refractivity contribution < 1.29 is 42.1 Å². The zero-order chi connectivity index (χ0) is 28.0. The number of esters is 2. The first-order valence-corrected chi connectivity index (χ1v) is 14.1. The Morgan fingerprint density at radius 3 is 2.50 bits per heavy atom. The predicted molar refractivity (Wildman–Crippen MR) is 138 cm³/mol. The summed E-state index contributed by atoms with van der Waals surface area (Å²) in [6, 6.07) is 0. The first-order valence-electron chi connectivity index (χ1n) is 14.1. The number of carbonyl (C=O) groups is 3. The van der Waals surface area contributed by atoms with E-state index in [0.29, 0.717) is 32.2 Å². The smallest absolute Gasteiger partial charge is 0.305 e. The molecule has 1 saturated carbocycles. The number of alkyl halides is 2. The van der Waals surface area contributed by atoms with Gasteiger partial charge in [-0.2, -0.15) is 0 Å². The van der Waals surface area contributed by atoms with Crippen molar-refractivity contribution in [2.24, 2.45) is 17.8 Å². The number of hydrogen-bond donors (Lipinski definition) is 0. The second-order valence-electron chi connectivity index (χ2n) is 10.8. The van der Waals surface area contributed by atoms with E-state index in [0.717, 1.165) is 51.4 Å². The Labute approximate surface area is 226 Å². The van der Waals surface area contributed by atoms with E-state index in [1.165, 1.54) is 27.0 Å². The molecule has 1 aliphatic heterocycles. The highest BCUT2D eigenvalue weighted by atomic mass is 19.3. The summed E-state index contributed by atoms with van der Waals surface area (Å²) in [6.07, 6.45) is 10.8. The lowest BCUT2D eigenvalue weighted by Gasteiger charge is -2.30. The van der Waals surface area contributed by atoms with Crippen LogP contribution < -0.4 is 0 Å². The minimum absolute atomic E-state index is 0.00119. The summed E-state index contributed by atoms with van der Waals surface area (Å²) in [4.78, 5) is 34.0. The normalized spacial score (nSPS) is 26.8. The van der Waals surface area contributed by atoms with Gasteiger partial charge in [0.05, 0.1) is 13.2 Å². The van der Waals surface area contributed by atoms with Gasteiger partial charge in [-0.05, 0) is 44.4 Å². The van der Waals surface area contributed by atoms with Crippen molar-refractivity contribution in [1.82, 2.24) is 0 Å². The molecule has 1 heterocycles. The van der Waals surface area contributed by atoms with Gasteiger partial charge >= 0.3 is 11.9 Å². The molecule has 1 saturated heterocycles. The van der Waals surface area contributed by atoms with E-state index in [9.17, 15) is 23.2 Å². The molecule has 2 aliphatic rings. The average Bonchev–Trinajstić information content (AvgIpc) is 3.18. The molecule has 218 valence electrons. The second kappa shape index (κ2) is 17.0. The van der Waals surface area contributed by atoms with Crippen LogP contribution in [0.4, 0.5) is 8.78 Å². The van der Waals surface area contributed by atoms with Crippen molar-refractivity contribution in [3.05, 3.63) is 12.2 Å². The van der Waals surface area contributed by atoms with Gasteiger partial charge < -0.3 is 23.7 Å². The molecule has 7 nitrogen and oxygen atoms in total. The van der Waals surface area contributed by atoms with Crippen LogP contribution >= 0.6 is 0 Å². The van der Waals surface area contributed by atoms with Crippen LogP contribution in [0.15, 0.2) is 12.2 Å². The zero-order valence-corrected chi connectivity index (χ0v) is 23.2. The summed E-state index contributed by atoms with van der Waals surface area (Å²) in [5.74, 6) is -4.15. The number of unbranched alkanes of at least 4 members (excludes halogenated alkanes) is 3. The van der Waals surface area contributed by atoms with Crippen LogP contribution in [0.25, 0.3) is 0 Å². The second-order valence-corrected chi connectivity index (χ2v) is 10.8. The van der Waals surface area contributed by atoms with Gasteiger partial charge in [-0.15, -0.1) is 0 Å². The molecular weight excluding hydrogens is 498 g/mol. The lowest BCUT2D eigenvalue weighted by Crippen LogP contribution is -2.31. The first-order chi connectivity index (χ1) is 18.1. The Balaban J connectivity index is 2.05. The van der Waals surface area contributed by atoms with Crippen LogP contribution in [0.5, 0.6) is 0 Å². The molecule has 0 bridgehead atoms. The van der Waals surface area contributed by atoms with E-state index in [2.05, 4.69) is 4.74 Å². The number of rotatable bonds is 17. The predicted octanol–water partition coefficient (Wildman–Crippen LogP) is 6.18. The van der Waals surface area contributed by atoms with E-state index in [1.807, 2.05) is 0 Å². The minimum atomic E-state index is -2.94. The van der Waals surface area contributed by atoms with Gasteiger partial charge in [0.2, 0.25) is 0 Å². The monoisotopic (exact) mass is 544 g/mol. The lowest BCUT2D eigenvalue weighted by molar-refractivity contribution is -0.196.